The van der Waals surface area contributed by atoms with Crippen molar-refractivity contribution in [1.82, 2.24) is 15.1 Å². The van der Waals surface area contributed by atoms with Crippen molar-refractivity contribution in [2.45, 2.75) is 103 Å². The van der Waals surface area contributed by atoms with E-state index in [0.29, 0.717) is 29.2 Å². The molecule has 1 N–H and O–H groups in total. The lowest BCUT2D eigenvalue weighted by Gasteiger charge is -2.64. The topological polar surface area (TPSA) is 83.8 Å². The van der Waals surface area contributed by atoms with Gasteiger partial charge in [-0.3, -0.25) is 4.68 Å². The first-order chi connectivity index (χ1) is 18.0. The minimum Gasteiger partial charge on any atom is -0.452 e. The Morgan fingerprint density at radius 1 is 1.11 bits per heavy atom. The zero-order valence-electron chi connectivity index (χ0n) is 22.9. The summed E-state index contributed by atoms with van der Waals surface area (Å²) in [6, 6.07) is 4.18. The van der Waals surface area contributed by atoms with E-state index in [1.54, 1.807) is 13.8 Å². The summed E-state index contributed by atoms with van der Waals surface area (Å²) in [6.45, 7) is 12.8. The van der Waals surface area contributed by atoms with Crippen molar-refractivity contribution >= 4 is 13.1 Å². The molecule has 7 aliphatic rings. The van der Waals surface area contributed by atoms with Gasteiger partial charge in [0.15, 0.2) is 0 Å². The van der Waals surface area contributed by atoms with Crippen LogP contribution in [-0.4, -0.2) is 40.4 Å². The van der Waals surface area contributed by atoms with Crippen molar-refractivity contribution < 1.29 is 23.6 Å². The lowest BCUT2D eigenvalue weighted by atomic mass is 9.43. The van der Waals surface area contributed by atoms with E-state index in [0.717, 1.165) is 48.7 Å². The van der Waals surface area contributed by atoms with E-state index in [9.17, 15) is 4.79 Å². The molecule has 0 amide bonds. The second-order valence-electron chi connectivity index (χ2n) is 13.7. The van der Waals surface area contributed by atoms with Gasteiger partial charge in [0.05, 0.1) is 23.9 Å². The number of carbonyl (C=O) groups excluding carboxylic acids is 1. The van der Waals surface area contributed by atoms with Gasteiger partial charge in [0.25, 0.3) is 0 Å². The van der Waals surface area contributed by atoms with Crippen LogP contribution >= 0.6 is 0 Å². The van der Waals surface area contributed by atoms with Crippen molar-refractivity contribution in [2.75, 3.05) is 0 Å². The summed E-state index contributed by atoms with van der Waals surface area (Å²) in [7, 11) is -0.205. The first-order valence-corrected chi connectivity index (χ1v) is 14.2. The molecule has 1 unspecified atom stereocenters. The number of nitrogens with zero attached hydrogens (tertiary/aromatic N) is 2. The average Bonchev–Trinajstić information content (AvgIpc) is 3.13. The normalized spacial score (nSPS) is 37.0. The van der Waals surface area contributed by atoms with Crippen LogP contribution in [0.15, 0.2) is 18.3 Å². The summed E-state index contributed by atoms with van der Waals surface area (Å²) < 4.78 is 27.4. The van der Waals surface area contributed by atoms with Crippen LogP contribution in [0.5, 0.6) is 5.75 Å². The fourth-order valence-electron chi connectivity index (χ4n) is 8.26. The Balaban J connectivity index is 1.09. The Kier molecular flexibility index (Phi) is 4.60. The average molecular weight is 517 g/mol. The minimum atomic E-state index is -1.02. The molecule has 9 heteroatoms. The first kappa shape index (κ1) is 23.5. The summed E-state index contributed by atoms with van der Waals surface area (Å²) in [5.41, 5.74) is 4.85. The third-order valence-electron chi connectivity index (χ3n) is 10.6. The number of fused-ring (bicyclic) bond motifs is 2. The quantitative estimate of drug-likeness (QED) is 0.475. The molecule has 200 valence electrons. The molecule has 5 fully saturated rings. The molecule has 0 spiro atoms. The van der Waals surface area contributed by atoms with E-state index >= 15 is 0 Å². The number of ether oxygens (including phenoxy) is 2. The molecule has 1 saturated heterocycles. The molecule has 6 atom stereocenters. The molecule has 1 aromatic carbocycles. The molecule has 2 bridgehead atoms. The zero-order valence-corrected chi connectivity index (χ0v) is 22.9. The third kappa shape index (κ3) is 3.21. The highest BCUT2D eigenvalue weighted by Crippen LogP contribution is 2.68. The minimum absolute atomic E-state index is 0.179. The standard InChI is InChI=1S/C29H36BN3O5/c1-27(2)17-8-22(27)29(5)23(9-17)37-30(38-29)20-10-19(20)18-7-6-15(13-33-14-16-11-31-12-21(16)32-33)24-25(18)35-28(3,4)36-26(24)34/h6-7,14,17,19-20,22-23,31H,8-13H2,1-5H3/t17-,19-,20-,22-,23?,29-/m0/s1. The molecule has 4 heterocycles. The lowest BCUT2D eigenvalue weighted by molar-refractivity contribution is -0.199. The Morgan fingerprint density at radius 2 is 1.95 bits per heavy atom. The molecule has 0 radical (unpaired) electrons. The van der Waals surface area contributed by atoms with Gasteiger partial charge in [-0.1, -0.05) is 26.0 Å². The van der Waals surface area contributed by atoms with Crippen molar-refractivity contribution in [3.63, 3.8) is 0 Å². The molecule has 9 rings (SSSR count). The third-order valence-corrected chi connectivity index (χ3v) is 10.6. The number of benzene rings is 1. The van der Waals surface area contributed by atoms with Crippen LogP contribution < -0.4 is 10.1 Å². The number of hydrogen-bond acceptors (Lipinski definition) is 7. The molecule has 4 saturated carbocycles. The van der Waals surface area contributed by atoms with Crippen molar-refractivity contribution in [2.24, 2.45) is 17.3 Å². The Hall–Kier alpha value is -2.36. The van der Waals surface area contributed by atoms with Crippen molar-refractivity contribution in [3.05, 3.63) is 46.3 Å². The van der Waals surface area contributed by atoms with Crippen LogP contribution in [0, 0.1) is 17.3 Å². The number of carbonyl (C=O) groups is 1. The van der Waals surface area contributed by atoms with Gasteiger partial charge in [-0.15, -0.1) is 0 Å². The van der Waals surface area contributed by atoms with Gasteiger partial charge in [-0.2, -0.15) is 5.10 Å². The van der Waals surface area contributed by atoms with Gasteiger partial charge in [0.1, 0.15) is 11.3 Å². The number of rotatable bonds is 4. The largest absolute Gasteiger partial charge is 0.461 e. The monoisotopic (exact) mass is 517 g/mol. The first-order valence-electron chi connectivity index (χ1n) is 14.2. The molecule has 4 aliphatic carbocycles. The van der Waals surface area contributed by atoms with Crippen LogP contribution in [0.3, 0.4) is 0 Å². The molecule has 38 heavy (non-hydrogen) atoms. The molecule has 1 aromatic heterocycles. The van der Waals surface area contributed by atoms with E-state index in [1.807, 2.05) is 10.7 Å². The van der Waals surface area contributed by atoms with E-state index in [-0.39, 0.29) is 36.5 Å². The molecular weight excluding hydrogens is 481 g/mol. The Bertz CT molecular complexity index is 1350. The Morgan fingerprint density at radius 3 is 2.74 bits per heavy atom. The zero-order chi connectivity index (χ0) is 26.2. The van der Waals surface area contributed by atoms with E-state index in [4.69, 9.17) is 23.9 Å². The molecule has 3 aliphatic heterocycles. The fourth-order valence-corrected chi connectivity index (χ4v) is 8.26. The number of esters is 1. The highest BCUT2D eigenvalue weighted by molar-refractivity contribution is 6.49. The van der Waals surface area contributed by atoms with E-state index < -0.39 is 5.79 Å². The maximum Gasteiger partial charge on any atom is 0.461 e. The van der Waals surface area contributed by atoms with Crippen LogP contribution in [0.25, 0.3) is 0 Å². The smallest absolute Gasteiger partial charge is 0.452 e. The number of cyclic esters (lactones) is 1. The van der Waals surface area contributed by atoms with Crippen LogP contribution in [-0.2, 0) is 33.7 Å². The van der Waals surface area contributed by atoms with E-state index in [2.05, 4.69) is 38.4 Å². The number of nitrogens with one attached hydrogen (secondary N) is 1. The van der Waals surface area contributed by atoms with Gasteiger partial charge in [-0.25, -0.2) is 4.79 Å². The van der Waals surface area contributed by atoms with Crippen LogP contribution in [0.1, 0.15) is 92.5 Å². The molecular formula is C29H36BN3O5. The highest BCUT2D eigenvalue weighted by Gasteiger charge is 2.70. The SMILES string of the molecule is CC1(C)OC(=O)c2c(Cn3cc4c(n3)CNC4)ccc([C@@H]3C[C@@H]3B3OC4C[C@@H]5C[C@@H](C5(C)C)[C@]4(C)O3)c2O1. The fraction of sp³-hybridized carbons (Fsp3) is 0.655. The summed E-state index contributed by atoms with van der Waals surface area (Å²) in [6.07, 6.45) is 5.55. The Labute approximate surface area is 223 Å². The van der Waals surface area contributed by atoms with Gasteiger partial charge in [0, 0.05) is 44.5 Å². The predicted octanol–water partition coefficient (Wildman–Crippen LogP) is 4.41. The predicted molar refractivity (Wildman–Crippen MR) is 140 cm³/mol. The second-order valence-corrected chi connectivity index (χ2v) is 13.7. The van der Waals surface area contributed by atoms with Crippen molar-refractivity contribution in [1.29, 1.82) is 0 Å². The van der Waals surface area contributed by atoms with Crippen LogP contribution in [0.2, 0.25) is 5.82 Å². The van der Waals surface area contributed by atoms with Crippen molar-refractivity contribution in [3.8, 4) is 5.75 Å². The summed E-state index contributed by atoms with van der Waals surface area (Å²) >= 11 is 0. The summed E-state index contributed by atoms with van der Waals surface area (Å²) in [5.74, 6) is 1.08. The van der Waals surface area contributed by atoms with Gasteiger partial charge in [-0.05, 0) is 60.5 Å². The molecule has 2 aromatic rings. The van der Waals surface area contributed by atoms with E-state index in [1.165, 1.54) is 12.0 Å². The number of hydrogen-bond donors (Lipinski definition) is 1. The molecule has 8 nitrogen and oxygen atoms in total. The summed E-state index contributed by atoms with van der Waals surface area (Å²) in [4.78, 5) is 13.3. The second kappa shape index (κ2) is 7.43. The number of aromatic nitrogens is 2. The highest BCUT2D eigenvalue weighted by atomic mass is 16.7. The van der Waals surface area contributed by atoms with Gasteiger partial charge >= 0.3 is 13.1 Å². The van der Waals surface area contributed by atoms with Crippen LogP contribution in [0.4, 0.5) is 0 Å². The maximum atomic E-state index is 13.3. The maximum absolute atomic E-state index is 13.3. The summed E-state index contributed by atoms with van der Waals surface area (Å²) in [5, 5.41) is 8.03. The van der Waals surface area contributed by atoms with Gasteiger partial charge < -0.3 is 24.1 Å². The van der Waals surface area contributed by atoms with Gasteiger partial charge in [0.2, 0.25) is 5.79 Å². The lowest BCUT2D eigenvalue weighted by Crippen LogP contribution is -2.65.